The molecule has 1 aromatic heterocycles. The Bertz CT molecular complexity index is 990. The van der Waals surface area contributed by atoms with Crippen LogP contribution in [0.25, 0.3) is 0 Å². The number of aromatic nitrogens is 1. The first kappa shape index (κ1) is 26.9. The van der Waals surface area contributed by atoms with Gasteiger partial charge in [0.15, 0.2) is 0 Å². The average molecular weight is 500 g/mol. The largest absolute Gasteiger partial charge is 0.491 e. The van der Waals surface area contributed by atoms with Gasteiger partial charge in [0, 0.05) is 54.7 Å². The maximum atomic E-state index is 10.5. The molecular weight excluding hydrogens is 466 g/mol. The summed E-state index contributed by atoms with van der Waals surface area (Å²) in [5.41, 5.74) is 2.52. The average Bonchev–Trinajstić information content (AvgIpc) is 2.89. The summed E-state index contributed by atoms with van der Waals surface area (Å²) >= 11 is 5.54. The third kappa shape index (κ3) is 8.49. The standard InChI is InChI=1S/C21H29N3O4.C6H5Cl/c1-16-13-23(14-21(27)17-2-3-18(15-26)22-12-17)8-9-24(16)19-4-6-20(7-5-19)28-11-10-25;7-6-4-2-1-3-5-6/h2-7,12,16,21,25-27H,8-11,13-15H2,1H3;1-5H/t16?,21-;/m1./s1. The molecule has 35 heavy (non-hydrogen) atoms. The second-order valence-corrected chi connectivity index (χ2v) is 8.86. The first-order chi connectivity index (χ1) is 17.0. The van der Waals surface area contributed by atoms with Crippen molar-refractivity contribution >= 4 is 17.3 Å². The lowest BCUT2D eigenvalue weighted by Crippen LogP contribution is -2.52. The van der Waals surface area contributed by atoms with Gasteiger partial charge in [0.25, 0.3) is 0 Å². The van der Waals surface area contributed by atoms with E-state index in [4.69, 9.17) is 26.6 Å². The summed E-state index contributed by atoms with van der Waals surface area (Å²) in [6.07, 6.45) is 1.04. The van der Waals surface area contributed by atoms with Gasteiger partial charge in [0.05, 0.1) is 25.0 Å². The predicted molar refractivity (Wildman–Crippen MR) is 139 cm³/mol. The maximum absolute atomic E-state index is 10.5. The predicted octanol–water partition coefficient (Wildman–Crippen LogP) is 3.53. The van der Waals surface area contributed by atoms with Crippen molar-refractivity contribution in [2.75, 3.05) is 44.3 Å². The van der Waals surface area contributed by atoms with E-state index in [0.29, 0.717) is 24.9 Å². The minimum atomic E-state index is -0.595. The number of anilines is 1. The van der Waals surface area contributed by atoms with Crippen molar-refractivity contribution < 1.29 is 20.1 Å². The molecule has 0 spiro atoms. The molecule has 1 fully saturated rings. The number of hydrogen-bond acceptors (Lipinski definition) is 7. The lowest BCUT2D eigenvalue weighted by atomic mass is 10.1. The number of halogens is 1. The van der Waals surface area contributed by atoms with Crippen molar-refractivity contribution in [3.05, 3.63) is 89.2 Å². The molecule has 1 aliphatic heterocycles. The molecule has 0 aliphatic carbocycles. The summed E-state index contributed by atoms with van der Waals surface area (Å²) in [5.74, 6) is 0.757. The first-order valence-electron chi connectivity index (χ1n) is 11.8. The van der Waals surface area contributed by atoms with Gasteiger partial charge in [-0.05, 0) is 49.4 Å². The highest BCUT2D eigenvalue weighted by Crippen LogP contribution is 2.24. The summed E-state index contributed by atoms with van der Waals surface area (Å²) in [6, 6.07) is 21.3. The van der Waals surface area contributed by atoms with E-state index in [2.05, 4.69) is 21.7 Å². The molecular formula is C27H34ClN3O4. The van der Waals surface area contributed by atoms with E-state index in [1.54, 1.807) is 12.3 Å². The van der Waals surface area contributed by atoms with E-state index in [-0.39, 0.29) is 13.2 Å². The number of aliphatic hydroxyl groups is 3. The molecule has 0 amide bonds. The molecule has 0 saturated carbocycles. The number of nitrogens with zero attached hydrogens (tertiary/aromatic N) is 3. The van der Waals surface area contributed by atoms with Crippen molar-refractivity contribution in [1.82, 2.24) is 9.88 Å². The number of hydrogen-bond donors (Lipinski definition) is 3. The Labute approximate surface area is 212 Å². The van der Waals surface area contributed by atoms with Gasteiger partial charge in [0.1, 0.15) is 12.4 Å². The molecule has 3 aromatic rings. The quantitative estimate of drug-likeness (QED) is 0.437. The van der Waals surface area contributed by atoms with E-state index >= 15 is 0 Å². The molecule has 4 rings (SSSR count). The summed E-state index contributed by atoms with van der Waals surface area (Å²) in [6.45, 7) is 5.58. The van der Waals surface area contributed by atoms with Crippen LogP contribution in [0.15, 0.2) is 72.9 Å². The smallest absolute Gasteiger partial charge is 0.119 e. The van der Waals surface area contributed by atoms with Crippen molar-refractivity contribution in [3.63, 3.8) is 0 Å². The number of aliphatic hydroxyl groups excluding tert-OH is 3. The van der Waals surface area contributed by atoms with E-state index in [9.17, 15) is 5.11 Å². The van der Waals surface area contributed by atoms with E-state index < -0.39 is 6.10 Å². The van der Waals surface area contributed by atoms with E-state index in [1.165, 1.54) is 0 Å². The van der Waals surface area contributed by atoms with Gasteiger partial charge in [-0.3, -0.25) is 9.88 Å². The van der Waals surface area contributed by atoms with Gasteiger partial charge < -0.3 is 25.0 Å². The van der Waals surface area contributed by atoms with Crippen molar-refractivity contribution in [3.8, 4) is 5.75 Å². The van der Waals surface area contributed by atoms with Crippen molar-refractivity contribution in [2.24, 2.45) is 0 Å². The molecule has 188 valence electrons. The molecule has 0 bridgehead atoms. The lowest BCUT2D eigenvalue weighted by molar-refractivity contribution is 0.102. The maximum Gasteiger partial charge on any atom is 0.119 e. The van der Waals surface area contributed by atoms with Gasteiger partial charge in [-0.25, -0.2) is 0 Å². The normalized spacial score (nSPS) is 16.8. The number of piperazine rings is 1. The second-order valence-electron chi connectivity index (χ2n) is 8.42. The van der Waals surface area contributed by atoms with E-state index in [1.807, 2.05) is 60.7 Å². The third-order valence-corrected chi connectivity index (χ3v) is 6.05. The fourth-order valence-corrected chi connectivity index (χ4v) is 4.12. The lowest BCUT2D eigenvalue weighted by Gasteiger charge is -2.42. The zero-order valence-electron chi connectivity index (χ0n) is 20.0. The SMILES string of the molecule is CC1CN(C[C@@H](O)c2ccc(CO)nc2)CCN1c1ccc(OCCO)cc1.Clc1ccccc1. The minimum Gasteiger partial charge on any atom is -0.491 e. The molecule has 0 radical (unpaired) electrons. The Balaban J connectivity index is 0.000000420. The molecule has 2 aromatic carbocycles. The fourth-order valence-electron chi connectivity index (χ4n) is 3.97. The zero-order valence-corrected chi connectivity index (χ0v) is 20.8. The summed E-state index contributed by atoms with van der Waals surface area (Å²) in [7, 11) is 0. The van der Waals surface area contributed by atoms with Gasteiger partial charge >= 0.3 is 0 Å². The van der Waals surface area contributed by atoms with Crippen LogP contribution in [0.4, 0.5) is 5.69 Å². The van der Waals surface area contributed by atoms with Crippen LogP contribution in [0.1, 0.15) is 24.3 Å². The second kappa shape index (κ2) is 14.0. The number of ether oxygens (including phenoxy) is 1. The fraction of sp³-hybridized carbons (Fsp3) is 0.370. The van der Waals surface area contributed by atoms with Crippen LogP contribution in [0.2, 0.25) is 5.02 Å². The molecule has 3 N–H and O–H groups in total. The summed E-state index contributed by atoms with van der Waals surface area (Å²) in [5, 5.41) is 29.2. The van der Waals surface area contributed by atoms with Crippen LogP contribution in [-0.2, 0) is 6.61 Å². The van der Waals surface area contributed by atoms with Gasteiger partial charge in [-0.1, -0.05) is 35.9 Å². The van der Waals surface area contributed by atoms with Crippen LogP contribution in [0.5, 0.6) is 5.75 Å². The number of benzene rings is 2. The van der Waals surface area contributed by atoms with Gasteiger partial charge in [-0.2, -0.15) is 0 Å². The highest BCUT2D eigenvalue weighted by Gasteiger charge is 2.25. The highest BCUT2D eigenvalue weighted by atomic mass is 35.5. The van der Waals surface area contributed by atoms with Crippen LogP contribution < -0.4 is 9.64 Å². The van der Waals surface area contributed by atoms with Crippen LogP contribution in [0, 0.1) is 0 Å². The zero-order chi connectivity index (χ0) is 25.0. The number of rotatable bonds is 8. The highest BCUT2D eigenvalue weighted by molar-refractivity contribution is 6.30. The van der Waals surface area contributed by atoms with Crippen molar-refractivity contribution in [1.29, 1.82) is 0 Å². The number of pyridine rings is 1. The van der Waals surface area contributed by atoms with Crippen LogP contribution in [-0.4, -0.2) is 70.6 Å². The molecule has 2 atom stereocenters. The van der Waals surface area contributed by atoms with Crippen LogP contribution in [0.3, 0.4) is 0 Å². The Hall–Kier alpha value is -2.68. The molecule has 1 saturated heterocycles. The third-order valence-electron chi connectivity index (χ3n) is 5.80. The van der Waals surface area contributed by atoms with Crippen LogP contribution >= 0.6 is 11.6 Å². The molecule has 7 nitrogen and oxygen atoms in total. The Morgan fingerprint density at radius 1 is 1.03 bits per heavy atom. The molecule has 1 aliphatic rings. The molecule has 2 heterocycles. The minimum absolute atomic E-state index is 0.00817. The van der Waals surface area contributed by atoms with E-state index in [0.717, 1.165) is 41.7 Å². The topological polar surface area (TPSA) is 89.3 Å². The Kier molecular flexibility index (Phi) is 10.8. The first-order valence-corrected chi connectivity index (χ1v) is 12.1. The Morgan fingerprint density at radius 2 is 1.77 bits per heavy atom. The molecule has 8 heteroatoms. The summed E-state index contributed by atoms with van der Waals surface area (Å²) < 4.78 is 5.42. The summed E-state index contributed by atoms with van der Waals surface area (Å²) in [4.78, 5) is 8.77. The van der Waals surface area contributed by atoms with Crippen molar-refractivity contribution in [2.45, 2.75) is 25.7 Å². The van der Waals surface area contributed by atoms with Gasteiger partial charge in [-0.15, -0.1) is 0 Å². The number of β-amino-alcohol motifs (C(OH)–C–C–N with tert-alkyl or cyclic N) is 1. The van der Waals surface area contributed by atoms with Gasteiger partial charge in [0.2, 0.25) is 0 Å². The Morgan fingerprint density at radius 3 is 2.31 bits per heavy atom. The monoisotopic (exact) mass is 499 g/mol. The molecule has 1 unspecified atom stereocenters.